The van der Waals surface area contributed by atoms with Gasteiger partial charge in [-0.15, -0.1) is 0 Å². The fourth-order valence-electron chi connectivity index (χ4n) is 2.07. The zero-order valence-corrected chi connectivity index (χ0v) is 13.4. The van der Waals surface area contributed by atoms with Crippen LogP contribution in [0.15, 0.2) is 46.1 Å². The highest BCUT2D eigenvalue weighted by Crippen LogP contribution is 2.20. The molecule has 1 aromatic heterocycles. The minimum absolute atomic E-state index is 0.0588. The van der Waals surface area contributed by atoms with Crippen LogP contribution >= 0.6 is 0 Å². The third-order valence-electron chi connectivity index (χ3n) is 3.28. The lowest BCUT2D eigenvalue weighted by Gasteiger charge is -2.14. The first-order valence-corrected chi connectivity index (χ1v) is 7.30. The second-order valence-electron chi connectivity index (χ2n) is 5.20. The highest BCUT2D eigenvalue weighted by molar-refractivity contribution is 5.97. The Morgan fingerprint density at radius 3 is 2.83 bits per heavy atom. The topological polar surface area (TPSA) is 97.6 Å². The molecule has 1 atom stereocenters. The molecule has 7 nitrogen and oxygen atoms in total. The van der Waals surface area contributed by atoms with Crippen LogP contribution in [0, 0.1) is 6.92 Å². The number of aryl methyl sites for hydroxylation is 1. The summed E-state index contributed by atoms with van der Waals surface area (Å²) in [6.07, 6.45) is 0.715. The molecule has 0 bridgehead atoms. The molecule has 2 rings (SSSR count). The van der Waals surface area contributed by atoms with Crippen LogP contribution in [0.4, 0.5) is 10.5 Å². The number of alkyl carbamates (subject to hydrolysis) is 1. The normalized spacial score (nSPS) is 11.6. The van der Waals surface area contributed by atoms with Gasteiger partial charge in [0.15, 0.2) is 0 Å². The number of amides is 2. The van der Waals surface area contributed by atoms with E-state index in [1.54, 1.807) is 25.1 Å². The van der Waals surface area contributed by atoms with Crippen LogP contribution in [0.1, 0.15) is 12.5 Å². The van der Waals surface area contributed by atoms with Crippen LogP contribution in [0.3, 0.4) is 0 Å². The Labute approximate surface area is 138 Å². The molecule has 2 N–H and O–H groups in total. The van der Waals surface area contributed by atoms with E-state index in [2.05, 4.69) is 17.2 Å². The van der Waals surface area contributed by atoms with Gasteiger partial charge in [-0.1, -0.05) is 12.7 Å². The zero-order valence-electron chi connectivity index (χ0n) is 13.4. The Hall–Kier alpha value is -3.09. The first-order chi connectivity index (χ1) is 11.4. The molecule has 2 amide bonds. The van der Waals surface area contributed by atoms with E-state index in [0.717, 1.165) is 10.9 Å². The molecule has 0 fully saturated rings. The average molecular weight is 330 g/mol. The molecule has 0 radical (unpaired) electrons. The first kappa shape index (κ1) is 17.3. The van der Waals surface area contributed by atoms with Crippen molar-refractivity contribution in [2.75, 3.05) is 11.9 Å². The van der Waals surface area contributed by atoms with Crippen molar-refractivity contribution in [2.24, 2.45) is 0 Å². The predicted octanol–water partition coefficient (Wildman–Crippen LogP) is 2.34. The third kappa shape index (κ3) is 4.22. The quantitative estimate of drug-likeness (QED) is 0.648. The van der Waals surface area contributed by atoms with E-state index in [9.17, 15) is 14.4 Å². The summed E-state index contributed by atoms with van der Waals surface area (Å²) < 4.78 is 9.88. The summed E-state index contributed by atoms with van der Waals surface area (Å²) in [5.74, 6) is -0.431. The molecule has 24 heavy (non-hydrogen) atoms. The third-order valence-corrected chi connectivity index (χ3v) is 3.28. The maximum Gasteiger partial charge on any atom is 0.408 e. The van der Waals surface area contributed by atoms with Gasteiger partial charge in [0.25, 0.3) is 0 Å². The van der Waals surface area contributed by atoms with E-state index >= 15 is 0 Å². The average Bonchev–Trinajstić information content (AvgIpc) is 2.52. The molecule has 0 aliphatic rings. The number of hydrogen-bond acceptors (Lipinski definition) is 5. The number of ether oxygens (including phenoxy) is 1. The molecule has 0 aliphatic heterocycles. The molecule has 0 aliphatic carbocycles. The highest BCUT2D eigenvalue weighted by Gasteiger charge is 2.16. The van der Waals surface area contributed by atoms with Crippen molar-refractivity contribution in [1.29, 1.82) is 0 Å². The number of fused-ring (bicyclic) bond motifs is 1. The Bertz CT molecular complexity index is 840. The fourth-order valence-corrected chi connectivity index (χ4v) is 2.07. The van der Waals surface area contributed by atoms with E-state index in [-0.39, 0.29) is 6.61 Å². The van der Waals surface area contributed by atoms with Crippen molar-refractivity contribution < 1.29 is 18.7 Å². The molecule has 126 valence electrons. The lowest BCUT2D eigenvalue weighted by Crippen LogP contribution is -2.41. The van der Waals surface area contributed by atoms with E-state index in [1.807, 2.05) is 0 Å². The number of carbonyl (C=O) groups excluding carboxylic acids is 2. The second kappa shape index (κ2) is 7.45. The summed E-state index contributed by atoms with van der Waals surface area (Å²) in [7, 11) is 0. The first-order valence-electron chi connectivity index (χ1n) is 7.30. The van der Waals surface area contributed by atoms with Crippen LogP contribution < -0.4 is 16.3 Å². The Balaban J connectivity index is 2.08. The van der Waals surface area contributed by atoms with Crippen molar-refractivity contribution >= 4 is 28.7 Å². The standard InChI is InChI=1S/C17H18N2O5/c1-4-7-23-17(22)18-11(3)16(21)19-12-5-6-13-10(2)8-15(20)24-14(13)9-12/h4-6,8-9,11H,1,7H2,2-3H3,(H,18,22)(H,19,21)/t11-/m0/s1. The van der Waals surface area contributed by atoms with Crippen LogP contribution in [-0.2, 0) is 9.53 Å². The maximum atomic E-state index is 12.1. The van der Waals surface area contributed by atoms with Gasteiger partial charge in [0, 0.05) is 23.2 Å². The molecule has 7 heteroatoms. The van der Waals surface area contributed by atoms with E-state index in [4.69, 9.17) is 9.15 Å². The molecular weight excluding hydrogens is 312 g/mol. The van der Waals surface area contributed by atoms with Gasteiger partial charge in [0.05, 0.1) is 0 Å². The minimum Gasteiger partial charge on any atom is -0.445 e. The smallest absolute Gasteiger partial charge is 0.408 e. The number of nitrogens with one attached hydrogen (secondary N) is 2. The van der Waals surface area contributed by atoms with Gasteiger partial charge in [-0.05, 0) is 31.5 Å². The number of rotatable bonds is 5. The summed E-state index contributed by atoms with van der Waals surface area (Å²) in [6.45, 7) is 6.81. The summed E-state index contributed by atoms with van der Waals surface area (Å²) in [4.78, 5) is 34.9. The SMILES string of the molecule is C=CCOC(=O)N[C@@H](C)C(=O)Nc1ccc2c(C)cc(=O)oc2c1. The number of hydrogen-bond donors (Lipinski definition) is 2. The Morgan fingerprint density at radius 1 is 1.38 bits per heavy atom. The fraction of sp³-hybridized carbons (Fsp3) is 0.235. The second-order valence-corrected chi connectivity index (χ2v) is 5.20. The summed E-state index contributed by atoms with van der Waals surface area (Å²) in [5.41, 5.74) is 1.17. The lowest BCUT2D eigenvalue weighted by molar-refractivity contribution is -0.117. The molecule has 1 heterocycles. The molecule has 1 aromatic carbocycles. The van der Waals surface area contributed by atoms with Gasteiger partial charge in [-0.3, -0.25) is 4.79 Å². The van der Waals surface area contributed by atoms with Crippen molar-refractivity contribution in [3.8, 4) is 0 Å². The zero-order chi connectivity index (χ0) is 17.7. The van der Waals surface area contributed by atoms with Crippen molar-refractivity contribution in [3.63, 3.8) is 0 Å². The highest BCUT2D eigenvalue weighted by atomic mass is 16.5. The monoisotopic (exact) mass is 330 g/mol. The molecule has 2 aromatic rings. The summed E-state index contributed by atoms with van der Waals surface area (Å²) in [6, 6.07) is 5.60. The van der Waals surface area contributed by atoms with Gasteiger partial charge in [0.2, 0.25) is 5.91 Å². The van der Waals surface area contributed by atoms with Crippen LogP contribution in [0.2, 0.25) is 0 Å². The van der Waals surface area contributed by atoms with Gasteiger partial charge in [-0.2, -0.15) is 0 Å². The molecule has 0 saturated carbocycles. The molecule has 0 saturated heterocycles. The number of benzene rings is 1. The van der Waals surface area contributed by atoms with Crippen LogP contribution in [0.25, 0.3) is 11.0 Å². The van der Waals surface area contributed by atoms with Crippen molar-refractivity contribution in [3.05, 3.63) is 52.9 Å². The van der Waals surface area contributed by atoms with E-state index < -0.39 is 23.7 Å². The van der Waals surface area contributed by atoms with Gasteiger partial charge >= 0.3 is 11.7 Å². The van der Waals surface area contributed by atoms with Gasteiger partial charge in [0.1, 0.15) is 18.2 Å². The maximum absolute atomic E-state index is 12.1. The summed E-state index contributed by atoms with van der Waals surface area (Å²) in [5, 5.41) is 5.82. The number of carbonyl (C=O) groups is 2. The van der Waals surface area contributed by atoms with Crippen molar-refractivity contribution in [1.82, 2.24) is 5.32 Å². The summed E-state index contributed by atoms with van der Waals surface area (Å²) >= 11 is 0. The van der Waals surface area contributed by atoms with Gasteiger partial charge in [-0.25, -0.2) is 9.59 Å². The van der Waals surface area contributed by atoms with Crippen LogP contribution in [-0.4, -0.2) is 24.6 Å². The number of anilines is 1. The molecular formula is C17H18N2O5. The lowest BCUT2D eigenvalue weighted by atomic mass is 10.1. The molecule has 0 unspecified atom stereocenters. The minimum atomic E-state index is -0.803. The van der Waals surface area contributed by atoms with Gasteiger partial charge < -0.3 is 19.8 Å². The van der Waals surface area contributed by atoms with E-state index in [1.165, 1.54) is 19.1 Å². The van der Waals surface area contributed by atoms with Crippen molar-refractivity contribution in [2.45, 2.75) is 19.9 Å². The molecule has 0 spiro atoms. The Morgan fingerprint density at radius 2 is 2.12 bits per heavy atom. The Kier molecular flexibility index (Phi) is 5.36. The predicted molar refractivity (Wildman–Crippen MR) is 90.0 cm³/mol. The largest absolute Gasteiger partial charge is 0.445 e. The van der Waals surface area contributed by atoms with Crippen LogP contribution in [0.5, 0.6) is 0 Å². The van der Waals surface area contributed by atoms with E-state index in [0.29, 0.717) is 11.3 Å².